The highest BCUT2D eigenvalue weighted by atomic mass is 32.2. The standard InChI is InChI=1S/C14H30O8S2/c1-13(2)20-9-5-6-10-21-14(3)22-24(17,18)12-8-7-11-23(15,16)19-4/h13-14H,5-12H2,1-4H3. The Morgan fingerprint density at radius 1 is 0.750 bits per heavy atom. The van der Waals surface area contributed by atoms with Crippen LogP contribution < -0.4 is 0 Å². The number of unbranched alkanes of at least 4 members (excludes halogenated alkanes) is 2. The van der Waals surface area contributed by atoms with Crippen molar-refractivity contribution in [1.82, 2.24) is 0 Å². The maximum Gasteiger partial charge on any atom is 0.269 e. The lowest BCUT2D eigenvalue weighted by atomic mass is 10.3. The summed E-state index contributed by atoms with van der Waals surface area (Å²) in [6, 6.07) is 0. The zero-order chi connectivity index (χ0) is 18.6. The molecule has 8 nitrogen and oxygen atoms in total. The first-order chi connectivity index (χ1) is 11.1. The SMILES string of the molecule is COS(=O)(=O)CCCCS(=O)(=O)OC(C)OCCCCOC(C)C. The molecule has 0 aliphatic heterocycles. The van der Waals surface area contributed by atoms with Crippen LogP contribution in [0.4, 0.5) is 0 Å². The third-order valence-electron chi connectivity index (χ3n) is 2.92. The average Bonchev–Trinajstić information content (AvgIpc) is 2.46. The largest absolute Gasteiger partial charge is 0.379 e. The zero-order valence-electron chi connectivity index (χ0n) is 14.9. The average molecular weight is 391 g/mol. The molecule has 0 spiro atoms. The second-order valence-corrected chi connectivity index (χ2v) is 9.13. The van der Waals surface area contributed by atoms with Crippen molar-refractivity contribution < 1.29 is 34.7 Å². The molecule has 0 aliphatic carbocycles. The predicted octanol–water partition coefficient (Wildman–Crippen LogP) is 1.66. The van der Waals surface area contributed by atoms with Crippen LogP contribution in [0.15, 0.2) is 0 Å². The van der Waals surface area contributed by atoms with E-state index >= 15 is 0 Å². The summed E-state index contributed by atoms with van der Waals surface area (Å²) >= 11 is 0. The van der Waals surface area contributed by atoms with Gasteiger partial charge >= 0.3 is 0 Å². The second kappa shape index (κ2) is 12.2. The second-order valence-electron chi connectivity index (χ2n) is 5.56. The van der Waals surface area contributed by atoms with Crippen molar-refractivity contribution in [3.05, 3.63) is 0 Å². The molecule has 1 atom stereocenters. The van der Waals surface area contributed by atoms with Crippen molar-refractivity contribution in [3.63, 3.8) is 0 Å². The Kier molecular flexibility index (Phi) is 12.0. The summed E-state index contributed by atoms with van der Waals surface area (Å²) in [5.41, 5.74) is 0. The van der Waals surface area contributed by atoms with Crippen LogP contribution in [0.3, 0.4) is 0 Å². The van der Waals surface area contributed by atoms with Gasteiger partial charge in [-0.15, -0.1) is 0 Å². The van der Waals surface area contributed by atoms with E-state index in [2.05, 4.69) is 4.18 Å². The van der Waals surface area contributed by atoms with Gasteiger partial charge in [0.1, 0.15) is 0 Å². The number of ether oxygens (including phenoxy) is 2. The Labute approximate surface area is 146 Å². The van der Waals surface area contributed by atoms with Gasteiger partial charge in [-0.1, -0.05) is 0 Å². The van der Waals surface area contributed by atoms with E-state index in [4.69, 9.17) is 13.7 Å². The highest BCUT2D eigenvalue weighted by Gasteiger charge is 2.17. The van der Waals surface area contributed by atoms with Gasteiger partial charge in [0, 0.05) is 13.2 Å². The summed E-state index contributed by atoms with van der Waals surface area (Å²) in [6.07, 6.45) is 1.25. The molecular weight excluding hydrogens is 360 g/mol. The van der Waals surface area contributed by atoms with E-state index in [0.717, 1.165) is 20.0 Å². The highest BCUT2D eigenvalue weighted by Crippen LogP contribution is 2.07. The van der Waals surface area contributed by atoms with E-state index in [-0.39, 0.29) is 30.5 Å². The van der Waals surface area contributed by atoms with Crippen molar-refractivity contribution in [2.45, 2.75) is 58.8 Å². The predicted molar refractivity (Wildman–Crippen MR) is 90.6 cm³/mol. The number of hydrogen-bond acceptors (Lipinski definition) is 8. The normalized spacial score (nSPS) is 14.2. The van der Waals surface area contributed by atoms with Gasteiger partial charge in [0.15, 0.2) is 6.29 Å². The molecule has 10 heteroatoms. The molecule has 0 aromatic rings. The lowest BCUT2D eigenvalue weighted by Crippen LogP contribution is -2.21. The number of hydrogen-bond donors (Lipinski definition) is 0. The summed E-state index contributed by atoms with van der Waals surface area (Å²) in [7, 11) is -6.23. The first-order valence-corrected chi connectivity index (χ1v) is 11.2. The fraction of sp³-hybridized carbons (Fsp3) is 1.00. The first kappa shape index (κ1) is 23.7. The van der Waals surface area contributed by atoms with Crippen LogP contribution in [-0.2, 0) is 38.1 Å². The third-order valence-corrected chi connectivity index (χ3v) is 5.57. The Balaban J connectivity index is 3.84. The fourth-order valence-electron chi connectivity index (χ4n) is 1.70. The van der Waals surface area contributed by atoms with Crippen LogP contribution in [0.2, 0.25) is 0 Å². The van der Waals surface area contributed by atoms with E-state index in [1.165, 1.54) is 6.92 Å². The molecule has 0 bridgehead atoms. The lowest BCUT2D eigenvalue weighted by molar-refractivity contribution is -0.0652. The Hall–Kier alpha value is -0.260. The molecule has 0 N–H and O–H groups in total. The summed E-state index contributed by atoms with van der Waals surface area (Å²) < 4.78 is 65.5. The van der Waals surface area contributed by atoms with Crippen LogP contribution in [0.1, 0.15) is 46.5 Å². The minimum atomic E-state index is -3.75. The maximum atomic E-state index is 11.7. The third kappa shape index (κ3) is 14.1. The van der Waals surface area contributed by atoms with E-state index in [0.29, 0.717) is 13.2 Å². The van der Waals surface area contributed by atoms with Crippen LogP contribution in [0.5, 0.6) is 0 Å². The molecule has 0 heterocycles. The molecule has 0 saturated heterocycles. The summed E-state index contributed by atoms with van der Waals surface area (Å²) in [5, 5.41) is 0. The van der Waals surface area contributed by atoms with E-state index in [9.17, 15) is 16.8 Å². The quantitative estimate of drug-likeness (QED) is 0.236. The van der Waals surface area contributed by atoms with Crippen LogP contribution in [-0.4, -0.2) is 61.1 Å². The van der Waals surface area contributed by atoms with Gasteiger partial charge in [-0.05, 0) is 46.5 Å². The van der Waals surface area contributed by atoms with Gasteiger partial charge in [0.2, 0.25) is 0 Å². The van der Waals surface area contributed by atoms with Crippen LogP contribution in [0.25, 0.3) is 0 Å². The summed E-state index contributed by atoms with van der Waals surface area (Å²) in [6.45, 7) is 6.45. The number of rotatable bonds is 15. The smallest absolute Gasteiger partial charge is 0.269 e. The topological polar surface area (TPSA) is 105 Å². The lowest BCUT2D eigenvalue weighted by Gasteiger charge is -2.14. The molecule has 24 heavy (non-hydrogen) atoms. The van der Waals surface area contributed by atoms with Gasteiger partial charge in [-0.2, -0.15) is 16.8 Å². The molecular formula is C14H30O8S2. The molecule has 0 amide bonds. The maximum absolute atomic E-state index is 11.7. The molecule has 0 aromatic carbocycles. The molecule has 0 saturated carbocycles. The van der Waals surface area contributed by atoms with Crippen molar-refractivity contribution in [1.29, 1.82) is 0 Å². The Bertz CT molecular complexity index is 513. The van der Waals surface area contributed by atoms with Gasteiger partial charge < -0.3 is 9.47 Å². The monoisotopic (exact) mass is 390 g/mol. The minimum Gasteiger partial charge on any atom is -0.379 e. The molecule has 1 unspecified atom stereocenters. The van der Waals surface area contributed by atoms with Gasteiger partial charge in [0.05, 0.1) is 24.7 Å². The molecule has 0 fully saturated rings. The molecule has 146 valence electrons. The van der Waals surface area contributed by atoms with Crippen molar-refractivity contribution in [3.8, 4) is 0 Å². The minimum absolute atomic E-state index is 0.171. The summed E-state index contributed by atoms with van der Waals surface area (Å²) in [4.78, 5) is 0. The first-order valence-electron chi connectivity index (χ1n) is 8.00. The Morgan fingerprint density at radius 2 is 1.25 bits per heavy atom. The van der Waals surface area contributed by atoms with Crippen LogP contribution >= 0.6 is 0 Å². The highest BCUT2D eigenvalue weighted by molar-refractivity contribution is 7.87. The van der Waals surface area contributed by atoms with Gasteiger partial charge in [-0.3, -0.25) is 4.18 Å². The molecule has 0 radical (unpaired) electrons. The fourth-order valence-corrected chi connectivity index (χ4v) is 3.54. The van der Waals surface area contributed by atoms with Crippen molar-refractivity contribution in [2.24, 2.45) is 0 Å². The van der Waals surface area contributed by atoms with Gasteiger partial charge in [-0.25, -0.2) is 4.18 Å². The van der Waals surface area contributed by atoms with E-state index in [1.54, 1.807) is 0 Å². The molecule has 0 aromatic heterocycles. The zero-order valence-corrected chi connectivity index (χ0v) is 16.5. The van der Waals surface area contributed by atoms with Crippen molar-refractivity contribution >= 4 is 20.2 Å². The van der Waals surface area contributed by atoms with Crippen molar-refractivity contribution in [2.75, 3.05) is 31.8 Å². The van der Waals surface area contributed by atoms with Gasteiger partial charge in [0.25, 0.3) is 20.2 Å². The molecule has 0 rings (SSSR count). The Morgan fingerprint density at radius 3 is 1.75 bits per heavy atom. The summed E-state index contributed by atoms with van der Waals surface area (Å²) in [5.74, 6) is -0.480. The molecule has 0 aliphatic rings. The van der Waals surface area contributed by atoms with E-state index < -0.39 is 26.5 Å². The van der Waals surface area contributed by atoms with E-state index in [1.807, 2.05) is 13.8 Å². The van der Waals surface area contributed by atoms with Crippen LogP contribution in [0, 0.1) is 0 Å².